The number of likely N-dealkylation sites (tertiary alicyclic amines) is 1. The molecule has 1 amide bonds. The summed E-state index contributed by atoms with van der Waals surface area (Å²) in [6, 6.07) is 18.7. The molecule has 5 heteroatoms. The minimum Gasteiger partial charge on any atom is -0.355 e. The molecule has 0 bridgehead atoms. The van der Waals surface area contributed by atoms with E-state index >= 15 is 0 Å². The van der Waals surface area contributed by atoms with Gasteiger partial charge >= 0.3 is 0 Å². The van der Waals surface area contributed by atoms with Gasteiger partial charge in [-0.15, -0.1) is 0 Å². The highest BCUT2D eigenvalue weighted by molar-refractivity contribution is 5.84. The fourth-order valence-corrected chi connectivity index (χ4v) is 4.76. The molecule has 1 aliphatic heterocycles. The van der Waals surface area contributed by atoms with Crippen LogP contribution in [0.15, 0.2) is 67.0 Å². The summed E-state index contributed by atoms with van der Waals surface area (Å²) in [5, 5.41) is 3.25. The predicted molar refractivity (Wildman–Crippen MR) is 133 cm³/mol. The maximum Gasteiger partial charge on any atom is 0.227 e. The van der Waals surface area contributed by atoms with Crippen LogP contribution in [0.3, 0.4) is 0 Å². The van der Waals surface area contributed by atoms with E-state index < -0.39 is 5.41 Å². The predicted octanol–water partition coefficient (Wildman–Crippen LogP) is 4.66. The van der Waals surface area contributed by atoms with Crippen LogP contribution in [0.25, 0.3) is 11.1 Å². The lowest BCUT2D eigenvalue weighted by atomic mass is 9.78. The van der Waals surface area contributed by atoms with Gasteiger partial charge in [0.05, 0.1) is 11.1 Å². The largest absolute Gasteiger partial charge is 0.355 e. The normalized spacial score (nSPS) is 18.5. The summed E-state index contributed by atoms with van der Waals surface area (Å²) in [5.74, 6) is 0.588. The molecule has 0 radical (unpaired) electrons. The highest BCUT2D eigenvalue weighted by atomic mass is 16.2. The molecule has 0 unspecified atom stereocenters. The SMILES string of the molecule is Cc1cccc(CN2CC[C@](Cc3ccccc3-c3ccncc3)(C(=O)NCC(C)C)C2)n1. The minimum absolute atomic E-state index is 0.167. The fourth-order valence-electron chi connectivity index (χ4n) is 4.76. The first-order valence-electron chi connectivity index (χ1n) is 11.9. The Hall–Kier alpha value is -3.05. The molecule has 0 aliphatic carbocycles. The van der Waals surface area contributed by atoms with E-state index in [0.717, 1.165) is 43.0 Å². The molecule has 33 heavy (non-hydrogen) atoms. The van der Waals surface area contributed by atoms with Crippen molar-refractivity contribution in [2.24, 2.45) is 11.3 Å². The van der Waals surface area contributed by atoms with Gasteiger partial charge in [-0.2, -0.15) is 0 Å². The molecular formula is C28H34N4O. The third-order valence-corrected chi connectivity index (χ3v) is 6.45. The zero-order valence-corrected chi connectivity index (χ0v) is 19.9. The number of carbonyl (C=O) groups is 1. The number of nitrogens with zero attached hydrogens (tertiary/aromatic N) is 3. The zero-order valence-electron chi connectivity index (χ0n) is 19.9. The highest BCUT2D eigenvalue weighted by Gasteiger charge is 2.44. The number of amides is 1. The van der Waals surface area contributed by atoms with Crippen LogP contribution in [-0.4, -0.2) is 40.4 Å². The standard InChI is InChI=1S/C28H34N4O/c1-21(2)18-30-27(33)28(13-16-32(20-28)19-25-9-6-7-22(3)31-25)17-24-8-4-5-10-26(24)23-11-14-29-15-12-23/h4-12,14-15,21H,13,16-20H2,1-3H3,(H,30,33)/t28-/m1/s1. The van der Waals surface area contributed by atoms with Crippen molar-refractivity contribution in [3.05, 3.63) is 83.9 Å². The van der Waals surface area contributed by atoms with Gasteiger partial charge in [-0.25, -0.2) is 0 Å². The van der Waals surface area contributed by atoms with Crippen LogP contribution in [0.4, 0.5) is 0 Å². The Balaban J connectivity index is 1.61. The van der Waals surface area contributed by atoms with Crippen LogP contribution < -0.4 is 5.32 Å². The molecule has 3 aromatic rings. The van der Waals surface area contributed by atoms with E-state index in [1.165, 1.54) is 11.1 Å². The van der Waals surface area contributed by atoms with Crippen molar-refractivity contribution in [2.45, 2.75) is 40.2 Å². The Kier molecular flexibility index (Phi) is 7.19. The van der Waals surface area contributed by atoms with Crippen molar-refractivity contribution >= 4 is 5.91 Å². The molecular weight excluding hydrogens is 408 g/mol. The maximum absolute atomic E-state index is 13.6. The van der Waals surface area contributed by atoms with E-state index in [9.17, 15) is 4.79 Å². The van der Waals surface area contributed by atoms with E-state index in [1.54, 1.807) is 0 Å². The first kappa shape index (κ1) is 23.1. The summed E-state index contributed by atoms with van der Waals surface area (Å²) in [7, 11) is 0. The molecule has 1 aromatic carbocycles. The fraction of sp³-hybridized carbons (Fsp3) is 0.393. The molecule has 3 heterocycles. The van der Waals surface area contributed by atoms with Crippen LogP contribution in [-0.2, 0) is 17.8 Å². The van der Waals surface area contributed by atoms with Gasteiger partial charge < -0.3 is 5.32 Å². The van der Waals surface area contributed by atoms with E-state index in [0.29, 0.717) is 18.9 Å². The lowest BCUT2D eigenvalue weighted by Gasteiger charge is -2.30. The van der Waals surface area contributed by atoms with Gasteiger partial charge in [-0.05, 0) is 73.2 Å². The summed E-state index contributed by atoms with van der Waals surface area (Å²) in [6.07, 6.45) is 5.20. The topological polar surface area (TPSA) is 58.1 Å². The van der Waals surface area contributed by atoms with E-state index in [2.05, 4.69) is 70.4 Å². The lowest BCUT2D eigenvalue weighted by molar-refractivity contribution is -0.130. The number of nitrogens with one attached hydrogen (secondary N) is 1. The summed E-state index contributed by atoms with van der Waals surface area (Å²) in [4.78, 5) is 24.8. The molecule has 172 valence electrons. The quantitative estimate of drug-likeness (QED) is 0.551. The Bertz CT molecular complexity index is 1080. The number of benzene rings is 1. The van der Waals surface area contributed by atoms with Crippen LogP contribution in [0.2, 0.25) is 0 Å². The Morgan fingerprint density at radius 1 is 1.09 bits per heavy atom. The van der Waals surface area contributed by atoms with E-state index in [1.807, 2.05) is 37.5 Å². The molecule has 4 rings (SSSR count). The third-order valence-electron chi connectivity index (χ3n) is 6.45. The number of rotatable bonds is 8. The molecule has 1 N–H and O–H groups in total. The van der Waals surface area contributed by atoms with Crippen molar-refractivity contribution in [3.63, 3.8) is 0 Å². The van der Waals surface area contributed by atoms with Crippen LogP contribution >= 0.6 is 0 Å². The number of hydrogen-bond donors (Lipinski definition) is 1. The average Bonchev–Trinajstić information content (AvgIpc) is 3.22. The van der Waals surface area contributed by atoms with Crippen molar-refractivity contribution < 1.29 is 4.79 Å². The van der Waals surface area contributed by atoms with Crippen molar-refractivity contribution in [1.82, 2.24) is 20.2 Å². The van der Waals surface area contributed by atoms with E-state index in [4.69, 9.17) is 0 Å². The van der Waals surface area contributed by atoms with Crippen LogP contribution in [0.5, 0.6) is 0 Å². The van der Waals surface area contributed by atoms with Crippen molar-refractivity contribution in [1.29, 1.82) is 0 Å². The summed E-state index contributed by atoms with van der Waals surface area (Å²) in [6.45, 7) is 9.39. The maximum atomic E-state index is 13.6. The van der Waals surface area contributed by atoms with Crippen LogP contribution in [0.1, 0.15) is 37.2 Å². The smallest absolute Gasteiger partial charge is 0.227 e. The molecule has 0 saturated carbocycles. The number of pyridine rings is 2. The molecule has 2 aromatic heterocycles. The number of hydrogen-bond acceptors (Lipinski definition) is 4. The van der Waals surface area contributed by atoms with Gasteiger partial charge in [-0.1, -0.05) is 44.2 Å². The number of aryl methyl sites for hydroxylation is 1. The third kappa shape index (κ3) is 5.66. The first-order chi connectivity index (χ1) is 15.9. The van der Waals surface area contributed by atoms with E-state index in [-0.39, 0.29) is 5.91 Å². The van der Waals surface area contributed by atoms with Crippen LogP contribution in [0, 0.1) is 18.3 Å². The van der Waals surface area contributed by atoms with Crippen molar-refractivity contribution in [2.75, 3.05) is 19.6 Å². The molecule has 1 atom stereocenters. The second-order valence-electron chi connectivity index (χ2n) is 9.68. The average molecular weight is 443 g/mol. The first-order valence-corrected chi connectivity index (χ1v) is 11.9. The van der Waals surface area contributed by atoms with Gasteiger partial charge in [0.25, 0.3) is 0 Å². The highest BCUT2D eigenvalue weighted by Crippen LogP contribution is 2.38. The van der Waals surface area contributed by atoms with Gasteiger partial charge in [0.1, 0.15) is 0 Å². The summed E-state index contributed by atoms with van der Waals surface area (Å²) < 4.78 is 0. The van der Waals surface area contributed by atoms with Gasteiger partial charge in [-0.3, -0.25) is 19.7 Å². The Morgan fingerprint density at radius 2 is 1.88 bits per heavy atom. The molecule has 5 nitrogen and oxygen atoms in total. The second-order valence-corrected chi connectivity index (χ2v) is 9.68. The van der Waals surface area contributed by atoms with Crippen molar-refractivity contribution in [3.8, 4) is 11.1 Å². The molecule has 1 aliphatic rings. The zero-order chi connectivity index (χ0) is 23.3. The second kappa shape index (κ2) is 10.3. The molecule has 1 saturated heterocycles. The molecule has 1 fully saturated rings. The summed E-state index contributed by atoms with van der Waals surface area (Å²) >= 11 is 0. The van der Waals surface area contributed by atoms with Gasteiger partial charge in [0.2, 0.25) is 5.91 Å². The molecule has 0 spiro atoms. The Morgan fingerprint density at radius 3 is 2.64 bits per heavy atom. The summed E-state index contributed by atoms with van der Waals surface area (Å²) in [5.41, 5.74) is 5.15. The number of aromatic nitrogens is 2. The Labute approximate surface area is 197 Å². The van der Waals surface area contributed by atoms with Gasteiger partial charge in [0, 0.05) is 37.7 Å². The monoisotopic (exact) mass is 442 g/mol. The van der Waals surface area contributed by atoms with Gasteiger partial charge in [0.15, 0.2) is 0 Å². The number of carbonyl (C=O) groups excluding carboxylic acids is 1. The lowest BCUT2D eigenvalue weighted by Crippen LogP contribution is -2.45. The minimum atomic E-state index is -0.456.